The van der Waals surface area contributed by atoms with E-state index in [2.05, 4.69) is 17.0 Å². The first-order valence-electron chi connectivity index (χ1n) is 7.72. The molecule has 0 aliphatic carbocycles. The van der Waals surface area contributed by atoms with Gasteiger partial charge in [-0.1, -0.05) is 12.1 Å². The topological polar surface area (TPSA) is 43.8 Å². The van der Waals surface area contributed by atoms with Crippen molar-refractivity contribution in [2.45, 2.75) is 49.8 Å². The highest BCUT2D eigenvalue weighted by atomic mass is 32.2. The van der Waals surface area contributed by atoms with E-state index in [0.717, 1.165) is 30.8 Å². The number of amides is 1. The zero-order chi connectivity index (χ0) is 16.3. The quantitative estimate of drug-likeness (QED) is 0.865. The Labute approximate surface area is 137 Å². The molecule has 22 heavy (non-hydrogen) atoms. The Balaban J connectivity index is 2.05. The predicted molar refractivity (Wildman–Crippen MR) is 91.1 cm³/mol. The van der Waals surface area contributed by atoms with E-state index in [1.165, 1.54) is 17.3 Å². The van der Waals surface area contributed by atoms with Crippen LogP contribution in [0.15, 0.2) is 29.2 Å². The molecule has 1 N–H and O–H groups in total. The number of hydrogen-bond acceptors (Lipinski definition) is 4. The molecule has 0 bridgehead atoms. The van der Waals surface area contributed by atoms with Crippen LogP contribution in [0.3, 0.4) is 0 Å². The molecule has 1 atom stereocenters. The van der Waals surface area contributed by atoms with Crippen LogP contribution in [-0.4, -0.2) is 52.4 Å². The largest absolute Gasteiger partial charge is 0.389 e. The summed E-state index contributed by atoms with van der Waals surface area (Å²) in [4.78, 5) is 16.7. The fourth-order valence-corrected chi connectivity index (χ4v) is 3.69. The summed E-state index contributed by atoms with van der Waals surface area (Å²) in [6, 6.07) is 8.32. The molecule has 122 valence electrons. The highest BCUT2D eigenvalue weighted by Gasteiger charge is 2.35. The fourth-order valence-electron chi connectivity index (χ4n) is 2.95. The maximum absolute atomic E-state index is 11.8. The number of benzene rings is 1. The average molecular weight is 322 g/mol. The van der Waals surface area contributed by atoms with E-state index in [1.807, 2.05) is 26.0 Å². The Bertz CT molecular complexity index is 526. The van der Waals surface area contributed by atoms with Crippen LogP contribution in [-0.2, 0) is 6.54 Å². The molecule has 0 radical (unpaired) electrons. The van der Waals surface area contributed by atoms with Gasteiger partial charge in [0.2, 0.25) is 0 Å². The minimum atomic E-state index is -0.677. The molecule has 0 spiro atoms. The van der Waals surface area contributed by atoms with Gasteiger partial charge in [0.15, 0.2) is 0 Å². The molecule has 1 heterocycles. The third-order valence-electron chi connectivity index (χ3n) is 4.03. The number of thioether (sulfide) groups is 1. The molecule has 1 aliphatic heterocycles. The zero-order valence-corrected chi connectivity index (χ0v) is 14.7. The molecule has 1 aromatic rings. The van der Waals surface area contributed by atoms with Crippen molar-refractivity contribution in [1.29, 1.82) is 0 Å². The molecule has 1 amide bonds. The molecule has 0 saturated carbocycles. The van der Waals surface area contributed by atoms with E-state index < -0.39 is 5.60 Å². The first-order chi connectivity index (χ1) is 10.3. The van der Waals surface area contributed by atoms with Crippen LogP contribution in [0.2, 0.25) is 0 Å². The van der Waals surface area contributed by atoms with Crippen LogP contribution < -0.4 is 0 Å². The molecule has 4 nitrogen and oxygen atoms in total. The molecular weight excluding hydrogens is 296 g/mol. The predicted octanol–water partition coefficient (Wildman–Crippen LogP) is 3.20. The standard InChI is InChI=1S/C17H26N2O2S/c1-17(2,21)15-9-6-10-19(15)12-13-7-5-8-14(11-13)22-16(20)18(3)4/h5,7-8,11,15,21H,6,9-10,12H2,1-4H3. The Morgan fingerprint density at radius 3 is 2.82 bits per heavy atom. The van der Waals surface area contributed by atoms with Crippen molar-refractivity contribution < 1.29 is 9.90 Å². The Morgan fingerprint density at radius 2 is 2.18 bits per heavy atom. The minimum Gasteiger partial charge on any atom is -0.389 e. The molecule has 1 fully saturated rings. The first-order valence-corrected chi connectivity index (χ1v) is 8.53. The third kappa shape index (κ3) is 4.48. The molecule has 1 aliphatic rings. The summed E-state index contributed by atoms with van der Waals surface area (Å²) in [5.74, 6) is 0. The summed E-state index contributed by atoms with van der Waals surface area (Å²) in [5, 5.41) is 10.3. The van der Waals surface area contributed by atoms with Crippen LogP contribution >= 0.6 is 11.8 Å². The summed E-state index contributed by atoms with van der Waals surface area (Å²) in [6.07, 6.45) is 2.17. The second-order valence-corrected chi connectivity index (χ2v) is 7.72. The van der Waals surface area contributed by atoms with E-state index in [0.29, 0.717) is 0 Å². The fraction of sp³-hybridized carbons (Fsp3) is 0.588. The maximum Gasteiger partial charge on any atom is 0.285 e. The van der Waals surface area contributed by atoms with Crippen molar-refractivity contribution in [3.8, 4) is 0 Å². The second kappa shape index (κ2) is 7.02. The summed E-state index contributed by atoms with van der Waals surface area (Å²) < 4.78 is 0. The van der Waals surface area contributed by atoms with Gasteiger partial charge in [0, 0.05) is 31.6 Å². The van der Waals surface area contributed by atoms with Crippen molar-refractivity contribution in [3.05, 3.63) is 29.8 Å². The smallest absolute Gasteiger partial charge is 0.285 e. The van der Waals surface area contributed by atoms with E-state index in [1.54, 1.807) is 19.0 Å². The SMILES string of the molecule is CN(C)C(=O)Sc1cccc(CN2CCCC2C(C)(C)O)c1. The monoisotopic (exact) mass is 322 g/mol. The molecule has 1 saturated heterocycles. The van der Waals surface area contributed by atoms with Crippen LogP contribution in [0.1, 0.15) is 32.3 Å². The van der Waals surface area contributed by atoms with Crippen LogP contribution in [0, 0.1) is 0 Å². The lowest BCUT2D eigenvalue weighted by Gasteiger charge is -2.33. The zero-order valence-electron chi connectivity index (χ0n) is 13.9. The Morgan fingerprint density at radius 1 is 1.45 bits per heavy atom. The van der Waals surface area contributed by atoms with Crippen molar-refractivity contribution >= 4 is 17.0 Å². The molecule has 5 heteroatoms. The van der Waals surface area contributed by atoms with E-state index in [4.69, 9.17) is 0 Å². The highest BCUT2D eigenvalue weighted by molar-refractivity contribution is 8.13. The van der Waals surface area contributed by atoms with Gasteiger partial charge in [-0.3, -0.25) is 9.69 Å². The van der Waals surface area contributed by atoms with E-state index >= 15 is 0 Å². The summed E-state index contributed by atoms with van der Waals surface area (Å²) in [7, 11) is 3.52. The highest BCUT2D eigenvalue weighted by Crippen LogP contribution is 2.29. The lowest BCUT2D eigenvalue weighted by atomic mass is 9.96. The van der Waals surface area contributed by atoms with Gasteiger partial charge in [-0.2, -0.15) is 0 Å². The van der Waals surface area contributed by atoms with Gasteiger partial charge in [-0.05, 0) is 62.7 Å². The van der Waals surface area contributed by atoms with Gasteiger partial charge in [-0.25, -0.2) is 0 Å². The van der Waals surface area contributed by atoms with Gasteiger partial charge >= 0.3 is 0 Å². The number of aliphatic hydroxyl groups is 1. The normalized spacial score (nSPS) is 19.4. The number of hydrogen-bond donors (Lipinski definition) is 1. The van der Waals surface area contributed by atoms with E-state index in [9.17, 15) is 9.90 Å². The summed E-state index contributed by atoms with van der Waals surface area (Å²) in [6.45, 7) is 5.61. The lowest BCUT2D eigenvalue weighted by Crippen LogP contribution is -2.45. The number of likely N-dealkylation sites (tertiary alicyclic amines) is 1. The number of rotatable bonds is 4. The van der Waals surface area contributed by atoms with E-state index in [-0.39, 0.29) is 11.3 Å². The van der Waals surface area contributed by atoms with Crippen molar-refractivity contribution in [1.82, 2.24) is 9.80 Å². The van der Waals surface area contributed by atoms with Crippen LogP contribution in [0.5, 0.6) is 0 Å². The lowest BCUT2D eigenvalue weighted by molar-refractivity contribution is -0.00503. The second-order valence-electron chi connectivity index (χ2n) is 6.69. The number of nitrogens with zero attached hydrogens (tertiary/aromatic N) is 2. The molecule has 2 rings (SSSR count). The van der Waals surface area contributed by atoms with Crippen LogP contribution in [0.4, 0.5) is 4.79 Å². The molecule has 1 unspecified atom stereocenters. The van der Waals surface area contributed by atoms with Crippen molar-refractivity contribution in [2.75, 3.05) is 20.6 Å². The first kappa shape index (κ1) is 17.3. The Kier molecular flexibility index (Phi) is 5.53. The maximum atomic E-state index is 11.8. The summed E-state index contributed by atoms with van der Waals surface area (Å²) >= 11 is 1.25. The molecular formula is C17H26N2O2S. The van der Waals surface area contributed by atoms with Gasteiger partial charge in [0.1, 0.15) is 0 Å². The van der Waals surface area contributed by atoms with Crippen molar-refractivity contribution in [2.24, 2.45) is 0 Å². The molecule has 0 aromatic heterocycles. The Hall–Kier alpha value is -1.04. The van der Waals surface area contributed by atoms with Gasteiger partial charge in [0.25, 0.3) is 5.24 Å². The van der Waals surface area contributed by atoms with Gasteiger partial charge in [0.05, 0.1) is 5.60 Å². The minimum absolute atomic E-state index is 0.0349. The number of carbonyl (C=O) groups excluding carboxylic acids is 1. The average Bonchev–Trinajstić information content (AvgIpc) is 2.87. The van der Waals surface area contributed by atoms with Crippen molar-refractivity contribution in [3.63, 3.8) is 0 Å². The summed E-state index contributed by atoms with van der Waals surface area (Å²) in [5.41, 5.74) is 0.511. The number of carbonyl (C=O) groups is 1. The molecule has 1 aromatic carbocycles. The van der Waals surface area contributed by atoms with Gasteiger partial charge < -0.3 is 10.0 Å². The van der Waals surface area contributed by atoms with Gasteiger partial charge in [-0.15, -0.1) is 0 Å². The van der Waals surface area contributed by atoms with Crippen LogP contribution in [0.25, 0.3) is 0 Å². The third-order valence-corrected chi connectivity index (χ3v) is 5.06.